The summed E-state index contributed by atoms with van der Waals surface area (Å²) in [4.78, 5) is 4.46. The zero-order chi connectivity index (χ0) is 11.7. The summed E-state index contributed by atoms with van der Waals surface area (Å²) in [6.45, 7) is 6.46. The number of imidazole rings is 1. The topological polar surface area (TPSA) is 17.8 Å². The van der Waals surface area contributed by atoms with Crippen molar-refractivity contribution in [1.82, 2.24) is 9.55 Å². The third-order valence-corrected chi connectivity index (χ3v) is 3.32. The highest BCUT2D eigenvalue weighted by atomic mass is 15.0. The molecule has 16 heavy (non-hydrogen) atoms. The molecule has 1 aromatic carbocycles. The van der Waals surface area contributed by atoms with Crippen LogP contribution in [-0.2, 0) is 13.5 Å². The van der Waals surface area contributed by atoms with Gasteiger partial charge in [-0.1, -0.05) is 18.2 Å². The Morgan fingerprint density at radius 3 is 2.25 bits per heavy atom. The van der Waals surface area contributed by atoms with Gasteiger partial charge < -0.3 is 4.57 Å². The molecule has 0 N–H and O–H groups in total. The van der Waals surface area contributed by atoms with E-state index >= 15 is 0 Å². The first kappa shape index (κ1) is 10.9. The number of aromatic nitrogens is 2. The van der Waals surface area contributed by atoms with Crippen LogP contribution < -0.4 is 0 Å². The number of nitrogens with zero attached hydrogens (tertiary/aromatic N) is 2. The van der Waals surface area contributed by atoms with Gasteiger partial charge in [-0.05, 0) is 37.5 Å². The molecule has 1 heterocycles. The zero-order valence-corrected chi connectivity index (χ0v) is 10.4. The monoisotopic (exact) mass is 214 g/mol. The van der Waals surface area contributed by atoms with E-state index in [0.29, 0.717) is 0 Å². The maximum absolute atomic E-state index is 4.46. The van der Waals surface area contributed by atoms with Gasteiger partial charge in [-0.15, -0.1) is 0 Å². The Bertz CT molecular complexity index is 489. The molecule has 0 aliphatic rings. The SMILES string of the molecule is Cc1cccc(C)c1Cc1ncn(C)c1C. The summed E-state index contributed by atoms with van der Waals surface area (Å²) in [5, 5.41) is 0. The fourth-order valence-corrected chi connectivity index (χ4v) is 2.01. The van der Waals surface area contributed by atoms with E-state index in [9.17, 15) is 0 Å². The molecule has 84 valence electrons. The number of benzene rings is 1. The minimum atomic E-state index is 0.936. The van der Waals surface area contributed by atoms with Crippen molar-refractivity contribution < 1.29 is 0 Å². The first-order chi connectivity index (χ1) is 7.59. The van der Waals surface area contributed by atoms with Crippen LogP contribution in [-0.4, -0.2) is 9.55 Å². The lowest BCUT2D eigenvalue weighted by Gasteiger charge is -2.08. The molecule has 0 spiro atoms. The number of rotatable bonds is 2. The van der Waals surface area contributed by atoms with Gasteiger partial charge in [-0.25, -0.2) is 4.98 Å². The summed E-state index contributed by atoms with van der Waals surface area (Å²) in [6, 6.07) is 6.45. The van der Waals surface area contributed by atoms with Crippen molar-refractivity contribution in [2.75, 3.05) is 0 Å². The largest absolute Gasteiger partial charge is 0.338 e. The van der Waals surface area contributed by atoms with Gasteiger partial charge in [-0.3, -0.25) is 0 Å². The van der Waals surface area contributed by atoms with Gasteiger partial charge in [0.1, 0.15) is 0 Å². The fourth-order valence-electron chi connectivity index (χ4n) is 2.01. The van der Waals surface area contributed by atoms with Crippen LogP contribution in [0.25, 0.3) is 0 Å². The van der Waals surface area contributed by atoms with Crippen molar-refractivity contribution in [3.05, 3.63) is 52.6 Å². The van der Waals surface area contributed by atoms with Gasteiger partial charge >= 0.3 is 0 Å². The van der Waals surface area contributed by atoms with E-state index in [2.05, 4.69) is 48.5 Å². The van der Waals surface area contributed by atoms with Crippen molar-refractivity contribution in [2.45, 2.75) is 27.2 Å². The minimum absolute atomic E-state index is 0.936. The fraction of sp³-hybridized carbons (Fsp3) is 0.357. The molecule has 0 saturated heterocycles. The average molecular weight is 214 g/mol. The third kappa shape index (κ3) is 1.87. The molecule has 0 unspecified atom stereocenters. The van der Waals surface area contributed by atoms with Crippen LogP contribution in [0.2, 0.25) is 0 Å². The van der Waals surface area contributed by atoms with Crippen LogP contribution >= 0.6 is 0 Å². The first-order valence-corrected chi connectivity index (χ1v) is 5.61. The molecule has 0 aliphatic carbocycles. The second-order valence-corrected chi connectivity index (χ2v) is 4.43. The zero-order valence-electron chi connectivity index (χ0n) is 10.4. The highest BCUT2D eigenvalue weighted by molar-refractivity contribution is 5.37. The summed E-state index contributed by atoms with van der Waals surface area (Å²) in [5.74, 6) is 0. The van der Waals surface area contributed by atoms with Gasteiger partial charge in [-0.2, -0.15) is 0 Å². The van der Waals surface area contributed by atoms with Crippen molar-refractivity contribution in [3.8, 4) is 0 Å². The number of hydrogen-bond donors (Lipinski definition) is 0. The molecule has 1 aromatic heterocycles. The Hall–Kier alpha value is -1.57. The molecule has 0 radical (unpaired) electrons. The summed E-state index contributed by atoms with van der Waals surface area (Å²) >= 11 is 0. The Kier molecular flexibility index (Phi) is 2.82. The van der Waals surface area contributed by atoms with Gasteiger partial charge in [0, 0.05) is 19.2 Å². The smallest absolute Gasteiger partial charge is 0.0949 e. The lowest BCUT2D eigenvalue weighted by atomic mass is 9.98. The number of aryl methyl sites for hydroxylation is 3. The molecule has 0 amide bonds. The average Bonchev–Trinajstić information content (AvgIpc) is 2.55. The van der Waals surface area contributed by atoms with Crippen molar-refractivity contribution in [2.24, 2.45) is 7.05 Å². The maximum atomic E-state index is 4.46. The van der Waals surface area contributed by atoms with E-state index in [1.807, 2.05) is 13.4 Å². The molecule has 2 aromatic rings. The third-order valence-electron chi connectivity index (χ3n) is 3.32. The lowest BCUT2D eigenvalue weighted by molar-refractivity contribution is 0.868. The van der Waals surface area contributed by atoms with Gasteiger partial charge in [0.2, 0.25) is 0 Å². The summed E-state index contributed by atoms with van der Waals surface area (Å²) < 4.78 is 2.07. The molecule has 0 fully saturated rings. The van der Waals surface area contributed by atoms with E-state index in [1.165, 1.54) is 28.1 Å². The molecule has 2 heteroatoms. The van der Waals surface area contributed by atoms with Crippen molar-refractivity contribution in [1.29, 1.82) is 0 Å². The van der Waals surface area contributed by atoms with E-state index in [-0.39, 0.29) is 0 Å². The normalized spacial score (nSPS) is 10.8. The molecule has 0 bridgehead atoms. The van der Waals surface area contributed by atoms with Crippen molar-refractivity contribution >= 4 is 0 Å². The van der Waals surface area contributed by atoms with E-state index in [0.717, 1.165) is 6.42 Å². The predicted octanol–water partition coefficient (Wildman–Crippen LogP) is 2.94. The van der Waals surface area contributed by atoms with Crippen LogP contribution in [0.1, 0.15) is 28.1 Å². The minimum Gasteiger partial charge on any atom is -0.338 e. The summed E-state index contributed by atoms with van der Waals surface area (Å²) in [6.07, 6.45) is 2.82. The number of hydrogen-bond acceptors (Lipinski definition) is 1. The molecular weight excluding hydrogens is 196 g/mol. The molecule has 0 atom stereocenters. The Morgan fingerprint density at radius 1 is 1.12 bits per heavy atom. The summed E-state index contributed by atoms with van der Waals surface area (Å²) in [5.41, 5.74) is 6.54. The van der Waals surface area contributed by atoms with Gasteiger partial charge in [0.05, 0.1) is 12.0 Å². The van der Waals surface area contributed by atoms with E-state index in [4.69, 9.17) is 0 Å². The van der Waals surface area contributed by atoms with E-state index < -0.39 is 0 Å². The summed E-state index contributed by atoms with van der Waals surface area (Å²) in [7, 11) is 2.04. The Morgan fingerprint density at radius 2 is 1.75 bits per heavy atom. The second kappa shape index (κ2) is 4.12. The van der Waals surface area contributed by atoms with Crippen molar-refractivity contribution in [3.63, 3.8) is 0 Å². The Balaban J connectivity index is 2.38. The molecule has 0 aliphatic heterocycles. The van der Waals surface area contributed by atoms with Gasteiger partial charge in [0.15, 0.2) is 0 Å². The Labute approximate surface area is 97.0 Å². The molecule has 2 rings (SSSR count). The predicted molar refractivity (Wildman–Crippen MR) is 66.7 cm³/mol. The van der Waals surface area contributed by atoms with Crippen LogP contribution in [0, 0.1) is 20.8 Å². The second-order valence-electron chi connectivity index (χ2n) is 4.43. The lowest BCUT2D eigenvalue weighted by Crippen LogP contribution is -1.98. The maximum Gasteiger partial charge on any atom is 0.0949 e. The van der Waals surface area contributed by atoms with Crippen LogP contribution in [0.5, 0.6) is 0 Å². The molecular formula is C14H18N2. The highest BCUT2D eigenvalue weighted by Gasteiger charge is 2.08. The standard InChI is InChI=1S/C14H18N2/c1-10-6-5-7-11(2)13(10)8-14-12(3)16(4)9-15-14/h5-7,9H,8H2,1-4H3. The quantitative estimate of drug-likeness (QED) is 0.751. The van der Waals surface area contributed by atoms with E-state index in [1.54, 1.807) is 0 Å². The highest BCUT2D eigenvalue weighted by Crippen LogP contribution is 2.18. The first-order valence-electron chi connectivity index (χ1n) is 5.61. The molecule has 2 nitrogen and oxygen atoms in total. The van der Waals surface area contributed by atoms with Crippen LogP contribution in [0.3, 0.4) is 0 Å². The van der Waals surface area contributed by atoms with Gasteiger partial charge in [0.25, 0.3) is 0 Å². The molecule has 0 saturated carbocycles. The van der Waals surface area contributed by atoms with Crippen LogP contribution in [0.4, 0.5) is 0 Å². The van der Waals surface area contributed by atoms with Crippen LogP contribution in [0.15, 0.2) is 24.5 Å².